The van der Waals surface area contributed by atoms with Crippen molar-refractivity contribution in [2.75, 3.05) is 6.26 Å². The van der Waals surface area contributed by atoms with Gasteiger partial charge < -0.3 is 4.98 Å². The van der Waals surface area contributed by atoms with E-state index in [9.17, 15) is 12.8 Å². The summed E-state index contributed by atoms with van der Waals surface area (Å²) in [5.74, 6) is 0.0949. The molecular weight excluding hydrogens is 291 g/mol. The number of H-pyrrole nitrogens is 1. The van der Waals surface area contributed by atoms with E-state index in [0.717, 1.165) is 11.8 Å². The van der Waals surface area contributed by atoms with Crippen LogP contribution in [0.2, 0.25) is 0 Å². The van der Waals surface area contributed by atoms with Crippen LogP contribution in [0.15, 0.2) is 41.3 Å². The molecule has 108 valence electrons. The Hall–Kier alpha value is -2.21. The maximum absolute atomic E-state index is 13.5. The van der Waals surface area contributed by atoms with Gasteiger partial charge in [0, 0.05) is 11.8 Å². The quantitative estimate of drug-likeness (QED) is 0.791. The van der Waals surface area contributed by atoms with Crippen molar-refractivity contribution in [3.8, 4) is 11.4 Å². The van der Waals surface area contributed by atoms with Crippen molar-refractivity contribution < 1.29 is 12.8 Å². The molecule has 1 N–H and O–H groups in total. The average Bonchev–Trinajstić information content (AvgIpc) is 2.79. The molecule has 6 heteroatoms. The highest BCUT2D eigenvalue weighted by atomic mass is 32.2. The minimum Gasteiger partial charge on any atom is -0.338 e. The molecule has 0 saturated carbocycles. The summed E-state index contributed by atoms with van der Waals surface area (Å²) in [5, 5.41) is 0. The van der Waals surface area contributed by atoms with Crippen LogP contribution in [0.3, 0.4) is 0 Å². The van der Waals surface area contributed by atoms with E-state index in [1.165, 1.54) is 18.2 Å². The van der Waals surface area contributed by atoms with Crippen LogP contribution in [0.25, 0.3) is 22.4 Å². The number of hydrogen-bond donors (Lipinski definition) is 1. The predicted octanol–water partition coefficient (Wildman–Crippen LogP) is 3.08. The Morgan fingerprint density at radius 3 is 2.62 bits per heavy atom. The molecule has 0 aliphatic rings. The van der Waals surface area contributed by atoms with Crippen molar-refractivity contribution in [1.29, 1.82) is 0 Å². The van der Waals surface area contributed by atoms with Gasteiger partial charge in [0.05, 0.1) is 10.4 Å². The lowest BCUT2D eigenvalue weighted by atomic mass is 10.1. The summed E-state index contributed by atoms with van der Waals surface area (Å²) in [6.07, 6.45) is 1.14. The lowest BCUT2D eigenvalue weighted by Crippen LogP contribution is -1.97. The molecule has 0 amide bonds. The predicted molar refractivity (Wildman–Crippen MR) is 79.3 cm³/mol. The van der Waals surface area contributed by atoms with Gasteiger partial charge in [-0.15, -0.1) is 0 Å². The highest BCUT2D eigenvalue weighted by Crippen LogP contribution is 2.26. The molecular formula is C15H13FN2O2S. The zero-order chi connectivity index (χ0) is 15.2. The molecule has 21 heavy (non-hydrogen) atoms. The number of aromatic nitrogens is 2. The molecule has 4 nitrogen and oxygen atoms in total. The number of rotatable bonds is 2. The fourth-order valence-electron chi connectivity index (χ4n) is 2.31. The van der Waals surface area contributed by atoms with Gasteiger partial charge in [-0.3, -0.25) is 0 Å². The van der Waals surface area contributed by atoms with E-state index >= 15 is 0 Å². The monoisotopic (exact) mass is 304 g/mol. The Labute approximate surface area is 121 Å². The first kappa shape index (κ1) is 13.8. The number of nitrogens with zero attached hydrogens (tertiary/aromatic N) is 1. The second-order valence-electron chi connectivity index (χ2n) is 5.03. The Morgan fingerprint density at radius 1 is 1.19 bits per heavy atom. The van der Waals surface area contributed by atoms with Gasteiger partial charge in [0.1, 0.15) is 17.2 Å². The van der Waals surface area contributed by atoms with Crippen LogP contribution < -0.4 is 0 Å². The van der Waals surface area contributed by atoms with Crippen LogP contribution in [0.1, 0.15) is 5.56 Å². The number of fused-ring (bicyclic) bond motifs is 1. The molecule has 0 atom stereocenters. The summed E-state index contributed by atoms with van der Waals surface area (Å²) in [6, 6.07) is 9.49. The van der Waals surface area contributed by atoms with Crippen molar-refractivity contribution in [2.24, 2.45) is 0 Å². The van der Waals surface area contributed by atoms with Gasteiger partial charge in [-0.25, -0.2) is 17.8 Å². The summed E-state index contributed by atoms with van der Waals surface area (Å²) in [4.78, 5) is 7.53. The summed E-state index contributed by atoms with van der Waals surface area (Å²) in [7, 11) is -3.37. The van der Waals surface area contributed by atoms with E-state index in [4.69, 9.17) is 0 Å². The van der Waals surface area contributed by atoms with Crippen LogP contribution in [0.5, 0.6) is 0 Å². The van der Waals surface area contributed by atoms with Gasteiger partial charge in [0.25, 0.3) is 0 Å². The van der Waals surface area contributed by atoms with E-state index < -0.39 is 9.84 Å². The SMILES string of the molecule is Cc1cc(F)cc(-c2nc3c(S(C)(=O)=O)cccc3[nH]2)c1. The third kappa shape index (κ3) is 2.54. The fourth-order valence-corrected chi connectivity index (χ4v) is 3.15. The summed E-state index contributed by atoms with van der Waals surface area (Å²) >= 11 is 0. The molecule has 0 spiro atoms. The number of nitrogens with one attached hydrogen (secondary N) is 1. The largest absolute Gasteiger partial charge is 0.338 e. The number of sulfone groups is 1. The molecule has 1 aromatic heterocycles. The molecule has 0 aliphatic heterocycles. The number of hydrogen-bond acceptors (Lipinski definition) is 3. The Bertz CT molecular complexity index is 925. The maximum Gasteiger partial charge on any atom is 0.177 e. The van der Waals surface area contributed by atoms with E-state index in [1.807, 2.05) is 0 Å². The molecule has 3 rings (SSSR count). The Kier molecular flexibility index (Phi) is 3.06. The zero-order valence-corrected chi connectivity index (χ0v) is 12.3. The van der Waals surface area contributed by atoms with Gasteiger partial charge >= 0.3 is 0 Å². The number of halogens is 1. The highest BCUT2D eigenvalue weighted by Gasteiger charge is 2.16. The first-order chi connectivity index (χ1) is 9.84. The number of imidazole rings is 1. The Morgan fingerprint density at radius 2 is 1.95 bits per heavy atom. The van der Waals surface area contributed by atoms with E-state index in [0.29, 0.717) is 22.4 Å². The van der Waals surface area contributed by atoms with Crippen molar-refractivity contribution in [2.45, 2.75) is 11.8 Å². The summed E-state index contributed by atoms with van der Waals surface area (Å²) in [6.45, 7) is 1.79. The minimum absolute atomic E-state index is 0.163. The topological polar surface area (TPSA) is 62.8 Å². The number of benzene rings is 2. The first-order valence-electron chi connectivity index (χ1n) is 6.31. The molecule has 2 aromatic carbocycles. The maximum atomic E-state index is 13.5. The molecule has 0 radical (unpaired) electrons. The third-order valence-corrected chi connectivity index (χ3v) is 4.32. The summed E-state index contributed by atoms with van der Waals surface area (Å²) < 4.78 is 37.1. The van der Waals surface area contributed by atoms with Gasteiger partial charge in [0.2, 0.25) is 0 Å². The lowest BCUT2D eigenvalue weighted by Gasteiger charge is -1.99. The third-order valence-electron chi connectivity index (χ3n) is 3.19. The molecule has 1 heterocycles. The van der Waals surface area contributed by atoms with E-state index in [-0.39, 0.29) is 10.7 Å². The second kappa shape index (κ2) is 4.66. The first-order valence-corrected chi connectivity index (χ1v) is 8.20. The van der Waals surface area contributed by atoms with Crippen molar-refractivity contribution in [3.63, 3.8) is 0 Å². The number of aromatic amines is 1. The minimum atomic E-state index is -3.37. The van der Waals surface area contributed by atoms with Crippen LogP contribution in [0, 0.1) is 12.7 Å². The van der Waals surface area contributed by atoms with Crippen LogP contribution in [0.4, 0.5) is 4.39 Å². The molecule has 0 unspecified atom stereocenters. The molecule has 0 bridgehead atoms. The zero-order valence-electron chi connectivity index (χ0n) is 11.5. The molecule has 0 aliphatic carbocycles. The van der Waals surface area contributed by atoms with Crippen LogP contribution in [-0.2, 0) is 9.84 Å². The van der Waals surface area contributed by atoms with Gasteiger partial charge in [-0.2, -0.15) is 0 Å². The molecule has 3 aromatic rings. The number of para-hydroxylation sites is 1. The smallest absolute Gasteiger partial charge is 0.177 e. The van der Waals surface area contributed by atoms with Crippen LogP contribution in [-0.4, -0.2) is 24.6 Å². The normalized spacial score (nSPS) is 12.0. The summed E-state index contributed by atoms with van der Waals surface area (Å²) in [5.41, 5.74) is 2.34. The standard InChI is InChI=1S/C15H13FN2O2S/c1-9-6-10(8-11(16)7-9)15-17-12-4-3-5-13(14(12)18-15)21(2,19)20/h3-8H,1-2H3,(H,17,18). The van der Waals surface area contributed by atoms with Crippen molar-refractivity contribution in [1.82, 2.24) is 9.97 Å². The van der Waals surface area contributed by atoms with Gasteiger partial charge in [-0.05, 0) is 42.8 Å². The highest BCUT2D eigenvalue weighted by molar-refractivity contribution is 7.91. The molecule has 0 fully saturated rings. The average molecular weight is 304 g/mol. The number of aryl methyl sites for hydroxylation is 1. The van der Waals surface area contributed by atoms with E-state index in [1.54, 1.807) is 25.1 Å². The van der Waals surface area contributed by atoms with Gasteiger partial charge in [-0.1, -0.05) is 6.07 Å². The lowest BCUT2D eigenvalue weighted by molar-refractivity contribution is 0.602. The second-order valence-corrected chi connectivity index (χ2v) is 7.01. The van der Waals surface area contributed by atoms with E-state index in [2.05, 4.69) is 9.97 Å². The van der Waals surface area contributed by atoms with Crippen molar-refractivity contribution in [3.05, 3.63) is 47.8 Å². The molecule has 0 saturated heterocycles. The van der Waals surface area contributed by atoms with Crippen molar-refractivity contribution >= 4 is 20.9 Å². The Balaban J connectivity index is 2.27. The van der Waals surface area contributed by atoms with Gasteiger partial charge in [0.15, 0.2) is 9.84 Å². The van der Waals surface area contributed by atoms with Crippen LogP contribution >= 0.6 is 0 Å². The fraction of sp³-hybridized carbons (Fsp3) is 0.133.